The van der Waals surface area contributed by atoms with Gasteiger partial charge in [-0.2, -0.15) is 0 Å². The van der Waals surface area contributed by atoms with Crippen molar-refractivity contribution in [3.8, 4) is 5.75 Å². The monoisotopic (exact) mass is 453 g/mol. The van der Waals surface area contributed by atoms with Crippen molar-refractivity contribution in [1.29, 1.82) is 0 Å². The number of hydrogen-bond donors (Lipinski definition) is 3. The molecule has 3 rings (SSSR count). The minimum atomic E-state index is -4.13. The van der Waals surface area contributed by atoms with Crippen LogP contribution in [0.5, 0.6) is 5.75 Å². The molecule has 0 amide bonds. The van der Waals surface area contributed by atoms with Gasteiger partial charge in [0.2, 0.25) is 0 Å². The zero-order chi connectivity index (χ0) is 22.8. The van der Waals surface area contributed by atoms with Crippen molar-refractivity contribution in [2.75, 3.05) is 30.9 Å². The van der Waals surface area contributed by atoms with E-state index in [0.717, 1.165) is 17.3 Å². The van der Waals surface area contributed by atoms with Gasteiger partial charge in [-0.3, -0.25) is 14.4 Å². The Hall–Kier alpha value is -2.47. The lowest BCUT2D eigenvalue weighted by molar-refractivity contribution is -0.0443. The summed E-state index contributed by atoms with van der Waals surface area (Å²) in [5, 5.41) is 16.4. The van der Waals surface area contributed by atoms with Crippen molar-refractivity contribution in [1.82, 2.24) is 4.47 Å². The average molecular weight is 454 g/mol. The molecular weight excluding hydrogens is 426 g/mol. The molecule has 2 aromatic rings. The lowest BCUT2D eigenvalue weighted by atomic mass is 10.0. The highest BCUT2D eigenvalue weighted by Gasteiger charge is 2.31. The summed E-state index contributed by atoms with van der Waals surface area (Å²) in [7, 11) is -2.92. The molecule has 2 atom stereocenters. The third kappa shape index (κ3) is 4.31. The van der Waals surface area contributed by atoms with Crippen LogP contribution in [0.1, 0.15) is 33.1 Å². The first-order chi connectivity index (χ1) is 14.8. The minimum absolute atomic E-state index is 0.0199. The Morgan fingerprint density at radius 2 is 1.97 bits per heavy atom. The Bertz CT molecular complexity index is 1100. The number of ether oxygens (including phenoxy) is 1. The fourth-order valence-corrected chi connectivity index (χ4v) is 5.05. The molecule has 0 aromatic heterocycles. The molecule has 0 saturated carbocycles. The number of hydroxylamine groups is 1. The number of nitrogens with one attached hydrogen (secondary N) is 2. The number of para-hydroxylation sites is 1. The zero-order valence-electron chi connectivity index (χ0n) is 17.7. The molecule has 10 nitrogen and oxygen atoms in total. The quantitative estimate of drug-likeness (QED) is 0.279. The van der Waals surface area contributed by atoms with Crippen molar-refractivity contribution in [2.24, 2.45) is 0 Å². The molecule has 1 aliphatic heterocycles. The Morgan fingerprint density at radius 3 is 2.55 bits per heavy atom. The van der Waals surface area contributed by atoms with Gasteiger partial charge in [-0.1, -0.05) is 17.5 Å². The molecule has 2 aromatic carbocycles. The van der Waals surface area contributed by atoms with Gasteiger partial charge in [0.1, 0.15) is 16.3 Å². The molecule has 0 radical (unpaired) electrons. The second kappa shape index (κ2) is 9.35. The maximum Gasteiger partial charge on any atom is 0.268 e. The third-order valence-electron chi connectivity index (χ3n) is 5.36. The summed E-state index contributed by atoms with van der Waals surface area (Å²) in [5.74, 6) is -0.580. The van der Waals surface area contributed by atoms with Gasteiger partial charge in [0.05, 0.1) is 24.9 Å². The maximum atomic E-state index is 12.7. The van der Waals surface area contributed by atoms with Crippen LogP contribution in [0.15, 0.2) is 32.7 Å². The Labute approximate surface area is 180 Å². The summed E-state index contributed by atoms with van der Waals surface area (Å²) in [6.45, 7) is 4.22. The van der Waals surface area contributed by atoms with Gasteiger partial charge in [-0.05, 0) is 38.3 Å². The summed E-state index contributed by atoms with van der Waals surface area (Å²) in [6.07, 6.45) is 2.42. The van der Waals surface area contributed by atoms with Gasteiger partial charge in [-0.15, -0.1) is 0 Å². The number of benzene rings is 1. The van der Waals surface area contributed by atoms with Crippen LogP contribution in [0.2, 0.25) is 0 Å². The van der Waals surface area contributed by atoms with Crippen LogP contribution in [-0.4, -0.2) is 50.4 Å². The molecule has 1 saturated heterocycles. The molecule has 0 aliphatic carbocycles. The minimum Gasteiger partial charge on any atom is -0.504 e. The zero-order valence-corrected chi connectivity index (χ0v) is 18.5. The molecular formula is C20H27N3O7S. The second-order valence-electron chi connectivity index (χ2n) is 7.20. The van der Waals surface area contributed by atoms with Crippen LogP contribution >= 0.6 is 0 Å². The van der Waals surface area contributed by atoms with E-state index in [4.69, 9.17) is 9.57 Å². The van der Waals surface area contributed by atoms with Crippen LogP contribution in [0.4, 0.5) is 17.1 Å². The molecule has 11 heteroatoms. The first-order valence-electron chi connectivity index (χ1n) is 10.1. The summed E-state index contributed by atoms with van der Waals surface area (Å²) in [6, 6.07) is 3.91. The molecule has 1 heterocycles. The van der Waals surface area contributed by atoms with Gasteiger partial charge in [-0.25, -0.2) is 8.42 Å². The fraction of sp³-hybridized carbons (Fsp3) is 0.500. The SMILES string of the molecule is CC[C@@H](Nc1c(Nc2cccc(S(=O)(=O)N(CC)OC)c2O)c(=O)c1=O)[C@@H]1CCCO1. The lowest BCUT2D eigenvalue weighted by Crippen LogP contribution is -2.42. The van der Waals surface area contributed by atoms with Crippen molar-refractivity contribution < 1.29 is 23.1 Å². The number of hydrogen-bond acceptors (Lipinski definition) is 9. The van der Waals surface area contributed by atoms with E-state index in [-0.39, 0.29) is 40.6 Å². The van der Waals surface area contributed by atoms with Crippen LogP contribution < -0.4 is 21.5 Å². The summed E-state index contributed by atoms with van der Waals surface area (Å²) in [4.78, 5) is 28.8. The van der Waals surface area contributed by atoms with E-state index in [1.54, 1.807) is 6.92 Å². The van der Waals surface area contributed by atoms with Crippen LogP contribution in [-0.2, 0) is 19.6 Å². The average Bonchev–Trinajstić information content (AvgIpc) is 3.29. The predicted octanol–water partition coefficient (Wildman–Crippen LogP) is 1.67. The normalized spacial score (nSPS) is 17.9. The van der Waals surface area contributed by atoms with E-state index in [1.165, 1.54) is 25.3 Å². The van der Waals surface area contributed by atoms with Gasteiger partial charge in [0, 0.05) is 13.2 Å². The number of phenols is 1. The summed E-state index contributed by atoms with van der Waals surface area (Å²) >= 11 is 0. The molecule has 170 valence electrons. The Kier molecular flexibility index (Phi) is 6.99. The van der Waals surface area contributed by atoms with Crippen molar-refractivity contribution in [2.45, 2.75) is 50.2 Å². The molecule has 1 aliphatic rings. The van der Waals surface area contributed by atoms with Crippen LogP contribution in [0.3, 0.4) is 0 Å². The number of rotatable bonds is 10. The van der Waals surface area contributed by atoms with Gasteiger partial charge in [0.25, 0.3) is 20.9 Å². The van der Waals surface area contributed by atoms with Gasteiger partial charge in [0.15, 0.2) is 5.75 Å². The smallest absolute Gasteiger partial charge is 0.268 e. The number of aromatic hydroxyl groups is 1. The summed E-state index contributed by atoms with van der Waals surface area (Å²) < 4.78 is 31.8. The highest BCUT2D eigenvalue weighted by atomic mass is 32.2. The number of phenolic OH excluding ortho intramolecular Hbond substituents is 1. The van der Waals surface area contributed by atoms with Gasteiger partial charge >= 0.3 is 0 Å². The van der Waals surface area contributed by atoms with Crippen LogP contribution in [0.25, 0.3) is 0 Å². The van der Waals surface area contributed by atoms with E-state index in [2.05, 4.69) is 10.6 Å². The first-order valence-corrected chi connectivity index (χ1v) is 11.6. The second-order valence-corrected chi connectivity index (χ2v) is 9.00. The number of nitrogens with zero attached hydrogens (tertiary/aromatic N) is 1. The maximum absolute atomic E-state index is 12.7. The van der Waals surface area contributed by atoms with E-state index in [0.29, 0.717) is 13.0 Å². The van der Waals surface area contributed by atoms with Crippen LogP contribution in [0, 0.1) is 0 Å². The first kappa shape index (κ1) is 23.2. The van der Waals surface area contributed by atoms with Crippen molar-refractivity contribution >= 4 is 27.1 Å². The molecule has 0 unspecified atom stereocenters. The number of sulfonamides is 1. The van der Waals surface area contributed by atoms with Crippen molar-refractivity contribution in [3.05, 3.63) is 38.6 Å². The molecule has 31 heavy (non-hydrogen) atoms. The Morgan fingerprint density at radius 1 is 1.26 bits per heavy atom. The molecule has 1 fully saturated rings. The largest absolute Gasteiger partial charge is 0.504 e. The highest BCUT2D eigenvalue weighted by molar-refractivity contribution is 7.89. The highest BCUT2D eigenvalue weighted by Crippen LogP contribution is 2.35. The topological polar surface area (TPSA) is 134 Å². The van der Waals surface area contributed by atoms with E-state index < -0.39 is 26.6 Å². The molecule has 0 spiro atoms. The lowest BCUT2D eigenvalue weighted by Gasteiger charge is -2.26. The Balaban J connectivity index is 1.90. The molecule has 3 N–H and O–H groups in total. The molecule has 0 bridgehead atoms. The fourth-order valence-electron chi connectivity index (χ4n) is 3.68. The van der Waals surface area contributed by atoms with Crippen molar-refractivity contribution in [3.63, 3.8) is 0 Å². The van der Waals surface area contributed by atoms with E-state index in [1.807, 2.05) is 6.92 Å². The third-order valence-corrected chi connectivity index (χ3v) is 7.19. The summed E-state index contributed by atoms with van der Waals surface area (Å²) in [5.41, 5.74) is -1.35. The standard InChI is InChI=1S/C20H27N3O7S/c1-4-12(14-9-7-11-30-14)21-16-17(20(26)19(16)25)22-13-8-6-10-15(18(13)24)31(27,28)23(5-2)29-3/h6,8,10,12,14,21-22,24H,4-5,7,9,11H2,1-3H3/t12-,14+/m1/s1. The van der Waals surface area contributed by atoms with Gasteiger partial charge < -0.3 is 20.5 Å². The van der Waals surface area contributed by atoms with E-state index >= 15 is 0 Å². The number of anilines is 3. The predicted molar refractivity (Wildman–Crippen MR) is 116 cm³/mol. The van der Waals surface area contributed by atoms with E-state index in [9.17, 15) is 23.1 Å².